The molecular weight excluding hydrogens is 318 g/mol. The molecule has 2 aromatic rings. The Balaban J connectivity index is 0.000000243. The first kappa shape index (κ1) is 18.1. The van der Waals surface area contributed by atoms with Crippen molar-refractivity contribution in [2.24, 2.45) is 10.9 Å². The van der Waals surface area contributed by atoms with Gasteiger partial charge in [0.15, 0.2) is 5.84 Å². The van der Waals surface area contributed by atoms with Crippen molar-refractivity contribution in [3.05, 3.63) is 79.9 Å². The molecule has 0 aliphatic heterocycles. The fourth-order valence-corrected chi connectivity index (χ4v) is 1.47. The summed E-state index contributed by atoms with van der Waals surface area (Å²) in [6.07, 6.45) is 0. The van der Waals surface area contributed by atoms with Gasteiger partial charge in [0.2, 0.25) is 0 Å². The van der Waals surface area contributed by atoms with Crippen LogP contribution in [0.4, 0.5) is 11.4 Å². The summed E-state index contributed by atoms with van der Waals surface area (Å²) in [6, 6.07) is 12.7. The smallest absolute Gasteiger partial charge is 0.269 e. The second-order valence-electron chi connectivity index (χ2n) is 4.21. The Morgan fingerprint density at radius 2 is 1.42 bits per heavy atom. The minimum Gasteiger partial charge on any atom is -0.409 e. The Bertz CT molecular complexity index is 794. The molecule has 24 heavy (non-hydrogen) atoms. The molecule has 0 unspecified atom stereocenters. The minimum atomic E-state index is -0.518. The lowest BCUT2D eigenvalue weighted by molar-refractivity contribution is -0.385. The van der Waals surface area contributed by atoms with E-state index in [2.05, 4.69) is 5.16 Å². The average molecular weight is 329 g/mol. The summed E-state index contributed by atoms with van der Waals surface area (Å²) in [4.78, 5) is 19.4. The van der Waals surface area contributed by atoms with E-state index in [1.165, 1.54) is 48.5 Å². The van der Waals surface area contributed by atoms with Crippen LogP contribution in [-0.4, -0.2) is 20.9 Å². The topological polar surface area (TPSA) is 169 Å². The van der Waals surface area contributed by atoms with Crippen LogP contribution in [0.3, 0.4) is 0 Å². The Morgan fingerprint density at radius 1 is 1.00 bits per heavy atom. The maximum absolute atomic E-state index is 10.2. The van der Waals surface area contributed by atoms with Gasteiger partial charge < -0.3 is 10.9 Å². The second-order valence-corrected chi connectivity index (χ2v) is 4.21. The highest BCUT2D eigenvalue weighted by Crippen LogP contribution is 2.11. The molecule has 0 atom stereocenters. The normalized spacial score (nSPS) is 10.0. The van der Waals surface area contributed by atoms with Crippen molar-refractivity contribution in [1.29, 1.82) is 5.26 Å². The first-order chi connectivity index (χ1) is 11.4. The predicted molar refractivity (Wildman–Crippen MR) is 83.4 cm³/mol. The zero-order valence-corrected chi connectivity index (χ0v) is 12.1. The number of non-ortho nitro benzene ring substituents is 2. The molecular formula is C14H11N5O5. The van der Waals surface area contributed by atoms with Gasteiger partial charge >= 0.3 is 0 Å². The van der Waals surface area contributed by atoms with Crippen LogP contribution in [0.15, 0.2) is 53.7 Å². The van der Waals surface area contributed by atoms with Crippen molar-refractivity contribution in [3.63, 3.8) is 0 Å². The van der Waals surface area contributed by atoms with E-state index < -0.39 is 9.85 Å². The van der Waals surface area contributed by atoms with Gasteiger partial charge in [0.05, 0.1) is 21.5 Å². The van der Waals surface area contributed by atoms with E-state index in [1.807, 2.05) is 6.07 Å². The van der Waals surface area contributed by atoms with Crippen molar-refractivity contribution in [1.82, 2.24) is 0 Å². The molecule has 3 N–H and O–H groups in total. The van der Waals surface area contributed by atoms with Gasteiger partial charge in [0.1, 0.15) is 0 Å². The van der Waals surface area contributed by atoms with Gasteiger partial charge in [-0.05, 0) is 24.3 Å². The zero-order chi connectivity index (χ0) is 18.1. The molecule has 0 fully saturated rings. The monoisotopic (exact) mass is 329 g/mol. The van der Waals surface area contributed by atoms with Gasteiger partial charge in [-0.15, -0.1) is 0 Å². The van der Waals surface area contributed by atoms with Crippen molar-refractivity contribution < 1.29 is 15.1 Å². The lowest BCUT2D eigenvalue weighted by Gasteiger charge is -1.96. The number of nitro benzene ring substituents is 2. The highest BCUT2D eigenvalue weighted by Gasteiger charge is 2.05. The zero-order valence-electron chi connectivity index (χ0n) is 12.1. The summed E-state index contributed by atoms with van der Waals surface area (Å²) in [6.45, 7) is 0. The fourth-order valence-electron chi connectivity index (χ4n) is 1.47. The summed E-state index contributed by atoms with van der Waals surface area (Å²) in [5.41, 5.74) is 6.09. The number of rotatable bonds is 3. The number of amidine groups is 1. The van der Waals surface area contributed by atoms with Gasteiger partial charge in [-0.25, -0.2) is 0 Å². The molecule has 0 saturated carbocycles. The van der Waals surface area contributed by atoms with Gasteiger partial charge in [0, 0.05) is 29.8 Å². The van der Waals surface area contributed by atoms with Gasteiger partial charge in [-0.3, -0.25) is 20.2 Å². The number of nitrogens with two attached hydrogens (primary N) is 1. The van der Waals surface area contributed by atoms with Gasteiger partial charge in [0.25, 0.3) is 11.4 Å². The van der Waals surface area contributed by atoms with Crippen LogP contribution in [0.5, 0.6) is 0 Å². The summed E-state index contributed by atoms with van der Waals surface area (Å²) < 4.78 is 0. The maximum atomic E-state index is 10.2. The maximum Gasteiger partial charge on any atom is 0.269 e. The van der Waals surface area contributed by atoms with Gasteiger partial charge in [-0.2, -0.15) is 5.26 Å². The molecule has 0 heterocycles. The van der Waals surface area contributed by atoms with Crippen molar-refractivity contribution in [3.8, 4) is 6.07 Å². The van der Waals surface area contributed by atoms with E-state index in [0.717, 1.165) is 0 Å². The standard InChI is InChI=1S/C7H7N3O3.C7H4N2O2/c8-7(9-11)5-1-3-6(4-2-5)10(12)13;8-5-6-1-3-7(4-2-6)9(10)11/h1-4,11H,(H2,8,9);1-4H. The molecule has 2 aromatic carbocycles. The SMILES string of the molecule is N#Cc1ccc([N+](=O)[O-])cc1.NC(=NO)c1ccc([N+](=O)[O-])cc1. The number of nitro groups is 2. The second kappa shape index (κ2) is 8.44. The van der Waals surface area contributed by atoms with Crippen LogP contribution in [0.2, 0.25) is 0 Å². The van der Waals surface area contributed by atoms with Crippen LogP contribution >= 0.6 is 0 Å². The third-order valence-corrected chi connectivity index (χ3v) is 2.69. The average Bonchev–Trinajstić information content (AvgIpc) is 2.61. The Kier molecular flexibility index (Phi) is 6.35. The third kappa shape index (κ3) is 5.08. The summed E-state index contributed by atoms with van der Waals surface area (Å²) in [7, 11) is 0. The van der Waals surface area contributed by atoms with Crippen LogP contribution in [0, 0.1) is 31.6 Å². The molecule has 2 rings (SSSR count). The van der Waals surface area contributed by atoms with Crippen LogP contribution in [0.1, 0.15) is 11.1 Å². The molecule has 0 spiro atoms. The quantitative estimate of drug-likeness (QED) is 0.285. The number of hydrogen-bond donors (Lipinski definition) is 2. The molecule has 10 nitrogen and oxygen atoms in total. The highest BCUT2D eigenvalue weighted by molar-refractivity contribution is 5.97. The Hall–Kier alpha value is -4.00. The molecule has 0 radical (unpaired) electrons. The van der Waals surface area contributed by atoms with Crippen molar-refractivity contribution in [2.75, 3.05) is 0 Å². The first-order valence-electron chi connectivity index (χ1n) is 6.26. The van der Waals surface area contributed by atoms with E-state index in [-0.39, 0.29) is 17.2 Å². The van der Waals surface area contributed by atoms with E-state index in [1.54, 1.807) is 0 Å². The summed E-state index contributed by atoms with van der Waals surface area (Å²) in [5.74, 6) is -0.0742. The van der Waals surface area contributed by atoms with Crippen LogP contribution in [0.25, 0.3) is 0 Å². The molecule has 0 amide bonds. The largest absolute Gasteiger partial charge is 0.409 e. The third-order valence-electron chi connectivity index (χ3n) is 2.69. The first-order valence-corrected chi connectivity index (χ1v) is 6.26. The molecule has 0 bridgehead atoms. The molecule has 0 aliphatic carbocycles. The number of oxime groups is 1. The van der Waals surface area contributed by atoms with Crippen LogP contribution in [-0.2, 0) is 0 Å². The van der Waals surface area contributed by atoms with Crippen molar-refractivity contribution in [2.45, 2.75) is 0 Å². The molecule has 0 aromatic heterocycles. The van der Waals surface area contributed by atoms with E-state index >= 15 is 0 Å². The highest BCUT2D eigenvalue weighted by atomic mass is 16.6. The minimum absolute atomic E-state index is 0.00370. The van der Waals surface area contributed by atoms with E-state index in [0.29, 0.717) is 11.1 Å². The molecule has 122 valence electrons. The molecule has 0 aliphatic rings. The number of nitriles is 1. The summed E-state index contributed by atoms with van der Waals surface area (Å²) >= 11 is 0. The van der Waals surface area contributed by atoms with E-state index in [4.69, 9.17) is 16.2 Å². The van der Waals surface area contributed by atoms with Crippen LogP contribution < -0.4 is 5.73 Å². The van der Waals surface area contributed by atoms with Crippen molar-refractivity contribution >= 4 is 17.2 Å². The van der Waals surface area contributed by atoms with E-state index in [9.17, 15) is 20.2 Å². The fraction of sp³-hybridized carbons (Fsp3) is 0. The van der Waals surface area contributed by atoms with Gasteiger partial charge in [-0.1, -0.05) is 5.16 Å². The molecule has 10 heteroatoms. The lowest BCUT2D eigenvalue weighted by atomic mass is 10.2. The Labute approximate surface area is 135 Å². The predicted octanol–water partition coefficient (Wildman–Crippen LogP) is 2.16. The number of nitrogens with zero attached hydrogens (tertiary/aromatic N) is 4. The molecule has 0 saturated heterocycles. The number of benzene rings is 2. The lowest BCUT2D eigenvalue weighted by Crippen LogP contribution is -2.12. The summed E-state index contributed by atoms with van der Waals surface area (Å²) in [5, 5.41) is 39.8. The number of hydrogen-bond acceptors (Lipinski definition) is 7. The Morgan fingerprint density at radius 3 is 1.75 bits per heavy atom.